The number of rotatable bonds is 5. The van der Waals surface area contributed by atoms with Crippen LogP contribution in [0.5, 0.6) is 11.5 Å². The maximum absolute atomic E-state index is 12.6. The molecule has 1 atom stereocenters. The van der Waals surface area contributed by atoms with Crippen molar-refractivity contribution < 1.29 is 28.7 Å². The maximum Gasteiger partial charge on any atom is 0.345 e. The Hall–Kier alpha value is -3.14. The molecule has 10 heteroatoms. The lowest BCUT2D eigenvalue weighted by Crippen LogP contribution is -2.34. The van der Waals surface area contributed by atoms with Gasteiger partial charge in [0.1, 0.15) is 18.8 Å². The van der Waals surface area contributed by atoms with Gasteiger partial charge in [-0.15, -0.1) is 11.3 Å². The van der Waals surface area contributed by atoms with E-state index in [0.717, 1.165) is 23.8 Å². The number of thiophene rings is 1. The number of nitrogens with zero attached hydrogens (tertiary/aromatic N) is 2. The van der Waals surface area contributed by atoms with Crippen molar-refractivity contribution >= 4 is 28.9 Å². The summed E-state index contributed by atoms with van der Waals surface area (Å²) < 4.78 is 15.8. The molecule has 0 N–H and O–H groups in total. The normalized spacial score (nSPS) is 17.8. The molecule has 1 amide bonds. The number of hydrogen-bond acceptors (Lipinski definition) is 8. The van der Waals surface area contributed by atoms with Crippen LogP contribution in [-0.2, 0) is 9.53 Å². The standard InChI is InChI=1S/C19H18N2O7S/c22-18(20-5-1-3-13(20)17-4-2-8-29-17)11-28-19(23)12-9-15-16(27-7-6-26-15)10-14(12)21(24)25/h2,4,8-10,13H,1,3,5-7,11H2. The van der Waals surface area contributed by atoms with Gasteiger partial charge < -0.3 is 19.1 Å². The van der Waals surface area contributed by atoms with Gasteiger partial charge in [0.05, 0.1) is 17.0 Å². The van der Waals surface area contributed by atoms with Gasteiger partial charge in [0.15, 0.2) is 18.1 Å². The van der Waals surface area contributed by atoms with E-state index in [9.17, 15) is 19.7 Å². The maximum atomic E-state index is 12.6. The van der Waals surface area contributed by atoms with E-state index in [1.807, 2.05) is 17.5 Å². The van der Waals surface area contributed by atoms with Gasteiger partial charge in [0.25, 0.3) is 11.6 Å². The Morgan fingerprint density at radius 2 is 2.03 bits per heavy atom. The highest BCUT2D eigenvalue weighted by molar-refractivity contribution is 7.10. The zero-order valence-corrected chi connectivity index (χ0v) is 16.2. The summed E-state index contributed by atoms with van der Waals surface area (Å²) in [5, 5.41) is 13.3. The predicted molar refractivity (Wildman–Crippen MR) is 102 cm³/mol. The molecule has 1 aromatic heterocycles. The van der Waals surface area contributed by atoms with Crippen molar-refractivity contribution in [3.8, 4) is 11.5 Å². The van der Waals surface area contributed by atoms with Gasteiger partial charge in [-0.1, -0.05) is 6.07 Å². The Bertz CT molecular complexity index is 944. The minimum absolute atomic E-state index is 0.0233. The van der Waals surface area contributed by atoms with Crippen LogP contribution in [0.2, 0.25) is 0 Å². The molecule has 152 valence electrons. The number of ether oxygens (including phenoxy) is 3. The molecule has 9 nitrogen and oxygen atoms in total. The second-order valence-electron chi connectivity index (χ2n) is 6.61. The van der Waals surface area contributed by atoms with Crippen LogP contribution in [0.1, 0.15) is 34.1 Å². The van der Waals surface area contributed by atoms with Gasteiger partial charge >= 0.3 is 5.97 Å². The molecule has 0 radical (unpaired) electrons. The quantitative estimate of drug-likeness (QED) is 0.417. The van der Waals surface area contributed by atoms with Crippen LogP contribution in [0.4, 0.5) is 5.69 Å². The topological polar surface area (TPSA) is 108 Å². The highest BCUT2D eigenvalue weighted by atomic mass is 32.1. The average molecular weight is 418 g/mol. The highest BCUT2D eigenvalue weighted by Crippen LogP contribution is 2.37. The van der Waals surface area contributed by atoms with Gasteiger partial charge in [-0.05, 0) is 24.3 Å². The van der Waals surface area contributed by atoms with Crippen LogP contribution < -0.4 is 9.47 Å². The fourth-order valence-electron chi connectivity index (χ4n) is 3.52. The summed E-state index contributed by atoms with van der Waals surface area (Å²) in [5.41, 5.74) is -0.729. The summed E-state index contributed by atoms with van der Waals surface area (Å²) >= 11 is 1.58. The molecule has 2 aromatic rings. The van der Waals surface area contributed by atoms with E-state index in [4.69, 9.17) is 14.2 Å². The van der Waals surface area contributed by atoms with Crippen molar-refractivity contribution in [3.63, 3.8) is 0 Å². The third kappa shape index (κ3) is 3.88. The number of nitro groups is 1. The van der Waals surface area contributed by atoms with Crippen molar-refractivity contribution in [2.45, 2.75) is 18.9 Å². The number of fused-ring (bicyclic) bond motifs is 1. The summed E-state index contributed by atoms with van der Waals surface area (Å²) in [6.45, 7) is 0.649. The Kier molecular flexibility index (Phi) is 5.34. The molecule has 1 aromatic carbocycles. The van der Waals surface area contributed by atoms with E-state index in [2.05, 4.69) is 0 Å². The molecule has 1 unspecified atom stereocenters. The molecule has 3 heterocycles. The molecular weight excluding hydrogens is 400 g/mol. The van der Waals surface area contributed by atoms with Crippen LogP contribution in [0.3, 0.4) is 0 Å². The van der Waals surface area contributed by atoms with E-state index >= 15 is 0 Å². The molecule has 29 heavy (non-hydrogen) atoms. The van der Waals surface area contributed by atoms with Gasteiger partial charge in [0, 0.05) is 17.5 Å². The van der Waals surface area contributed by atoms with Gasteiger partial charge in [0.2, 0.25) is 0 Å². The molecule has 4 rings (SSSR count). The van der Waals surface area contributed by atoms with E-state index in [1.54, 1.807) is 16.2 Å². The highest BCUT2D eigenvalue weighted by Gasteiger charge is 2.32. The monoisotopic (exact) mass is 418 g/mol. The van der Waals surface area contributed by atoms with E-state index in [-0.39, 0.29) is 42.2 Å². The summed E-state index contributed by atoms with van der Waals surface area (Å²) in [6, 6.07) is 6.25. The first-order valence-electron chi connectivity index (χ1n) is 9.12. The SMILES string of the molecule is O=C(OCC(=O)N1CCCC1c1cccs1)c1cc2c(cc1[N+](=O)[O-])OCCO2. The van der Waals surface area contributed by atoms with Crippen molar-refractivity contribution in [1.82, 2.24) is 4.90 Å². The van der Waals surface area contributed by atoms with Gasteiger partial charge in [-0.2, -0.15) is 0 Å². The third-order valence-electron chi connectivity index (χ3n) is 4.85. The first-order valence-corrected chi connectivity index (χ1v) is 10.0. The zero-order valence-electron chi connectivity index (χ0n) is 15.4. The smallest absolute Gasteiger partial charge is 0.345 e. The molecule has 0 spiro atoms. The third-order valence-corrected chi connectivity index (χ3v) is 5.82. The average Bonchev–Trinajstić information content (AvgIpc) is 3.42. The molecule has 2 aliphatic rings. The largest absolute Gasteiger partial charge is 0.486 e. The zero-order chi connectivity index (χ0) is 20.4. The summed E-state index contributed by atoms with van der Waals surface area (Å²) in [4.78, 5) is 38.6. The molecule has 0 bridgehead atoms. The second kappa shape index (κ2) is 8.08. The van der Waals surface area contributed by atoms with Crippen molar-refractivity contribution in [2.24, 2.45) is 0 Å². The lowest BCUT2D eigenvalue weighted by atomic mass is 10.1. The summed E-state index contributed by atoms with van der Waals surface area (Å²) in [7, 11) is 0. The summed E-state index contributed by atoms with van der Waals surface area (Å²) in [5.74, 6) is -0.841. The Morgan fingerprint density at radius 3 is 2.72 bits per heavy atom. The van der Waals surface area contributed by atoms with Gasteiger partial charge in [-0.25, -0.2) is 4.79 Å². The molecular formula is C19H18N2O7S. The second-order valence-corrected chi connectivity index (χ2v) is 7.59. The van der Waals surface area contributed by atoms with Crippen LogP contribution in [0.15, 0.2) is 29.6 Å². The van der Waals surface area contributed by atoms with Crippen molar-refractivity contribution in [2.75, 3.05) is 26.4 Å². The van der Waals surface area contributed by atoms with Crippen molar-refractivity contribution in [3.05, 3.63) is 50.2 Å². The van der Waals surface area contributed by atoms with E-state index in [0.29, 0.717) is 6.54 Å². The first kappa shape index (κ1) is 19.2. The van der Waals surface area contributed by atoms with Crippen LogP contribution >= 0.6 is 11.3 Å². The minimum atomic E-state index is -0.950. The Balaban J connectivity index is 1.47. The molecule has 0 aliphatic carbocycles. The fraction of sp³-hybridized carbons (Fsp3) is 0.368. The molecule has 1 fully saturated rings. The number of likely N-dealkylation sites (tertiary alicyclic amines) is 1. The van der Waals surface area contributed by atoms with Crippen LogP contribution in [0.25, 0.3) is 0 Å². The number of carbonyl (C=O) groups is 2. The summed E-state index contributed by atoms with van der Waals surface area (Å²) in [6.07, 6.45) is 1.73. The first-order chi connectivity index (χ1) is 14.0. The Labute approximate surface area is 169 Å². The van der Waals surface area contributed by atoms with Crippen LogP contribution in [-0.4, -0.2) is 48.1 Å². The number of nitro benzene ring substituents is 1. The molecule has 1 saturated heterocycles. The van der Waals surface area contributed by atoms with Crippen LogP contribution in [0, 0.1) is 10.1 Å². The lowest BCUT2D eigenvalue weighted by molar-refractivity contribution is -0.385. The van der Waals surface area contributed by atoms with E-state index < -0.39 is 23.2 Å². The number of carbonyl (C=O) groups excluding carboxylic acids is 2. The number of hydrogen-bond donors (Lipinski definition) is 0. The lowest BCUT2D eigenvalue weighted by Gasteiger charge is -2.23. The fourth-order valence-corrected chi connectivity index (χ4v) is 4.40. The number of esters is 1. The molecule has 0 saturated carbocycles. The van der Waals surface area contributed by atoms with Crippen molar-refractivity contribution in [1.29, 1.82) is 0 Å². The van der Waals surface area contributed by atoms with E-state index in [1.165, 1.54) is 6.07 Å². The number of benzene rings is 1. The number of amides is 1. The molecule has 2 aliphatic heterocycles. The van der Waals surface area contributed by atoms with Gasteiger partial charge in [-0.3, -0.25) is 14.9 Å². The predicted octanol–water partition coefficient (Wildman–Crippen LogP) is 2.95. The minimum Gasteiger partial charge on any atom is -0.486 e. The Morgan fingerprint density at radius 1 is 1.28 bits per heavy atom.